The average molecular weight is 326 g/mol. The van der Waals surface area contributed by atoms with Crippen LogP contribution in [0.4, 0.5) is 5.69 Å². The molecule has 1 aliphatic heterocycles. The minimum absolute atomic E-state index is 0.0482. The first-order chi connectivity index (χ1) is 10.4. The molecule has 1 heterocycles. The second kappa shape index (κ2) is 7.00. The predicted octanol–water partition coefficient (Wildman–Crippen LogP) is 0.825. The SMILES string of the molecule is COc1ccccc1N1CCC[C@H](NC(=O)CS(C)(=O)=O)C1. The summed E-state index contributed by atoms with van der Waals surface area (Å²) in [5.74, 6) is -0.0991. The van der Waals surface area contributed by atoms with E-state index in [0.717, 1.165) is 37.1 Å². The fraction of sp³-hybridized carbons (Fsp3) is 0.533. The number of rotatable bonds is 5. The van der Waals surface area contributed by atoms with E-state index >= 15 is 0 Å². The number of methoxy groups -OCH3 is 1. The monoisotopic (exact) mass is 326 g/mol. The molecule has 2 rings (SSSR count). The molecule has 7 heteroatoms. The Hall–Kier alpha value is -1.76. The lowest BCUT2D eigenvalue weighted by Crippen LogP contribution is -2.49. The van der Waals surface area contributed by atoms with E-state index in [0.29, 0.717) is 6.54 Å². The number of ether oxygens (including phenoxy) is 1. The number of benzene rings is 1. The minimum atomic E-state index is -3.30. The van der Waals surface area contributed by atoms with Gasteiger partial charge in [0, 0.05) is 25.4 Å². The molecule has 1 saturated heterocycles. The zero-order valence-electron chi connectivity index (χ0n) is 12.9. The van der Waals surface area contributed by atoms with Crippen LogP contribution in [-0.2, 0) is 14.6 Å². The van der Waals surface area contributed by atoms with E-state index in [4.69, 9.17) is 4.74 Å². The zero-order valence-corrected chi connectivity index (χ0v) is 13.7. The van der Waals surface area contributed by atoms with Gasteiger partial charge in [-0.25, -0.2) is 8.42 Å². The molecule has 1 fully saturated rings. The Labute approximate surface area is 131 Å². The van der Waals surface area contributed by atoms with Gasteiger partial charge in [0.1, 0.15) is 11.5 Å². The summed E-state index contributed by atoms with van der Waals surface area (Å²) in [6.45, 7) is 1.54. The van der Waals surface area contributed by atoms with Crippen LogP contribution < -0.4 is 15.0 Å². The molecule has 0 aliphatic carbocycles. The van der Waals surface area contributed by atoms with E-state index < -0.39 is 21.5 Å². The second-order valence-corrected chi connectivity index (χ2v) is 7.73. The molecular formula is C15H22N2O4S. The van der Waals surface area contributed by atoms with Gasteiger partial charge in [0.15, 0.2) is 9.84 Å². The minimum Gasteiger partial charge on any atom is -0.495 e. The van der Waals surface area contributed by atoms with Gasteiger partial charge in [-0.2, -0.15) is 0 Å². The molecule has 0 unspecified atom stereocenters. The van der Waals surface area contributed by atoms with E-state index in [-0.39, 0.29) is 6.04 Å². The molecule has 1 N–H and O–H groups in total. The normalized spacial score (nSPS) is 18.8. The van der Waals surface area contributed by atoms with Crippen molar-refractivity contribution in [3.05, 3.63) is 24.3 Å². The first kappa shape index (κ1) is 16.6. The molecule has 1 aliphatic rings. The first-order valence-electron chi connectivity index (χ1n) is 7.24. The highest BCUT2D eigenvalue weighted by atomic mass is 32.2. The maximum Gasteiger partial charge on any atom is 0.235 e. The maximum absolute atomic E-state index is 11.8. The standard InChI is InChI=1S/C15H22N2O4S/c1-21-14-8-4-3-7-13(14)17-9-5-6-12(10-17)16-15(18)11-22(2,19)20/h3-4,7-8,12H,5-6,9-11H2,1-2H3,(H,16,18)/t12-/m0/s1. The van der Waals surface area contributed by atoms with Crippen LogP contribution in [0.3, 0.4) is 0 Å². The molecule has 122 valence electrons. The van der Waals surface area contributed by atoms with E-state index in [1.54, 1.807) is 7.11 Å². The molecule has 1 atom stereocenters. The van der Waals surface area contributed by atoms with Gasteiger partial charge < -0.3 is 15.0 Å². The zero-order chi connectivity index (χ0) is 16.2. The number of hydrogen-bond acceptors (Lipinski definition) is 5. The number of carbonyl (C=O) groups is 1. The van der Waals surface area contributed by atoms with Crippen LogP contribution in [0.2, 0.25) is 0 Å². The summed E-state index contributed by atoms with van der Waals surface area (Å²) < 4.78 is 27.7. The van der Waals surface area contributed by atoms with Crippen LogP contribution in [0.1, 0.15) is 12.8 Å². The van der Waals surface area contributed by atoms with E-state index in [2.05, 4.69) is 10.2 Å². The third kappa shape index (κ3) is 4.62. The van der Waals surface area contributed by atoms with Crippen molar-refractivity contribution in [2.45, 2.75) is 18.9 Å². The summed E-state index contributed by atoms with van der Waals surface area (Å²) in [5.41, 5.74) is 0.993. The average Bonchev–Trinajstić information content (AvgIpc) is 2.45. The fourth-order valence-corrected chi connectivity index (χ4v) is 3.27. The summed E-state index contributed by atoms with van der Waals surface area (Å²) in [6.07, 6.45) is 2.84. The molecule has 0 bridgehead atoms. The quantitative estimate of drug-likeness (QED) is 0.867. The molecule has 0 saturated carbocycles. The van der Waals surface area contributed by atoms with Gasteiger partial charge in [-0.3, -0.25) is 4.79 Å². The number of piperidine rings is 1. The highest BCUT2D eigenvalue weighted by Gasteiger charge is 2.24. The molecule has 1 aromatic rings. The van der Waals surface area contributed by atoms with Crippen LogP contribution in [0.5, 0.6) is 5.75 Å². The number of nitrogens with zero attached hydrogens (tertiary/aromatic N) is 1. The van der Waals surface area contributed by atoms with Crippen LogP contribution in [0, 0.1) is 0 Å². The van der Waals surface area contributed by atoms with Crippen molar-refractivity contribution in [1.29, 1.82) is 0 Å². The summed E-state index contributed by atoms with van der Waals surface area (Å²) in [6, 6.07) is 7.70. The molecule has 0 spiro atoms. The van der Waals surface area contributed by atoms with Gasteiger partial charge in [0.05, 0.1) is 12.8 Å². The Balaban J connectivity index is 2.01. The third-order valence-electron chi connectivity index (χ3n) is 3.61. The largest absolute Gasteiger partial charge is 0.495 e. The Kier molecular flexibility index (Phi) is 5.28. The van der Waals surface area contributed by atoms with Gasteiger partial charge >= 0.3 is 0 Å². The smallest absolute Gasteiger partial charge is 0.235 e. The lowest BCUT2D eigenvalue weighted by Gasteiger charge is -2.35. The number of sulfone groups is 1. The number of amides is 1. The lowest BCUT2D eigenvalue weighted by molar-refractivity contribution is -0.119. The van der Waals surface area contributed by atoms with Gasteiger partial charge in [-0.1, -0.05) is 12.1 Å². The van der Waals surface area contributed by atoms with Gasteiger partial charge in [-0.05, 0) is 25.0 Å². The Morgan fingerprint density at radius 2 is 2.14 bits per heavy atom. The van der Waals surface area contributed by atoms with E-state index in [9.17, 15) is 13.2 Å². The predicted molar refractivity (Wildman–Crippen MR) is 86.1 cm³/mol. The van der Waals surface area contributed by atoms with Crippen LogP contribution in [-0.4, -0.2) is 52.6 Å². The number of nitrogens with one attached hydrogen (secondary N) is 1. The summed E-state index contributed by atoms with van der Waals surface area (Å²) >= 11 is 0. The summed E-state index contributed by atoms with van der Waals surface area (Å²) in [4.78, 5) is 13.9. The highest BCUT2D eigenvalue weighted by molar-refractivity contribution is 7.91. The Morgan fingerprint density at radius 1 is 1.41 bits per heavy atom. The van der Waals surface area contributed by atoms with E-state index in [1.165, 1.54) is 0 Å². The number of hydrogen-bond donors (Lipinski definition) is 1. The molecule has 0 radical (unpaired) electrons. The second-order valence-electron chi connectivity index (χ2n) is 5.59. The highest BCUT2D eigenvalue weighted by Crippen LogP contribution is 2.29. The molecule has 6 nitrogen and oxygen atoms in total. The van der Waals surface area contributed by atoms with Gasteiger partial charge in [-0.15, -0.1) is 0 Å². The number of para-hydroxylation sites is 2. The number of carbonyl (C=O) groups excluding carboxylic acids is 1. The van der Waals surface area contributed by atoms with E-state index in [1.807, 2.05) is 24.3 Å². The van der Waals surface area contributed by atoms with Crippen LogP contribution >= 0.6 is 0 Å². The van der Waals surface area contributed by atoms with Crippen molar-refractivity contribution >= 4 is 21.4 Å². The lowest BCUT2D eigenvalue weighted by atomic mass is 10.0. The summed E-state index contributed by atoms with van der Waals surface area (Å²) in [7, 11) is -1.66. The topological polar surface area (TPSA) is 75.7 Å². The van der Waals surface area contributed by atoms with Crippen molar-refractivity contribution in [3.63, 3.8) is 0 Å². The maximum atomic E-state index is 11.8. The summed E-state index contributed by atoms with van der Waals surface area (Å²) in [5, 5.41) is 2.81. The van der Waals surface area contributed by atoms with Crippen LogP contribution in [0.25, 0.3) is 0 Å². The third-order valence-corrected chi connectivity index (χ3v) is 4.39. The molecule has 0 aromatic heterocycles. The van der Waals surface area contributed by atoms with Gasteiger partial charge in [0.2, 0.25) is 5.91 Å². The van der Waals surface area contributed by atoms with Crippen molar-refractivity contribution in [2.75, 3.05) is 37.1 Å². The van der Waals surface area contributed by atoms with Crippen molar-refractivity contribution < 1.29 is 17.9 Å². The molecule has 1 aromatic carbocycles. The van der Waals surface area contributed by atoms with Crippen molar-refractivity contribution in [3.8, 4) is 5.75 Å². The molecule has 1 amide bonds. The van der Waals surface area contributed by atoms with Crippen molar-refractivity contribution in [2.24, 2.45) is 0 Å². The molecular weight excluding hydrogens is 304 g/mol. The van der Waals surface area contributed by atoms with Gasteiger partial charge in [0.25, 0.3) is 0 Å². The van der Waals surface area contributed by atoms with Crippen LogP contribution in [0.15, 0.2) is 24.3 Å². The number of anilines is 1. The molecule has 22 heavy (non-hydrogen) atoms. The van der Waals surface area contributed by atoms with Crippen molar-refractivity contribution in [1.82, 2.24) is 5.32 Å². The Morgan fingerprint density at radius 3 is 2.82 bits per heavy atom. The Bertz CT molecular complexity index is 630. The first-order valence-corrected chi connectivity index (χ1v) is 9.30. The fourth-order valence-electron chi connectivity index (χ4n) is 2.71.